The minimum atomic E-state index is -1.35. The largest absolute Gasteiger partial charge is 0.480 e. The molecule has 0 bridgehead atoms. The van der Waals surface area contributed by atoms with Crippen molar-refractivity contribution in [3.8, 4) is 0 Å². The number of carboxylic acids is 1. The first kappa shape index (κ1) is 31.4. The Hall–Kier alpha value is -4.78. The third-order valence-electron chi connectivity index (χ3n) is 5.88. The minimum Gasteiger partial charge on any atom is -0.480 e. The molecule has 10 N–H and O–H groups in total. The summed E-state index contributed by atoms with van der Waals surface area (Å²) >= 11 is 0. The Morgan fingerprint density at radius 2 is 1.10 bits per heavy atom. The fraction of sp³-hybridized carbons (Fsp3) is 0.333. The number of hydrogen-bond acceptors (Lipinski definition) is 7. The average Bonchev–Trinajstić information content (AvgIpc) is 2.90. The number of carbonyl (C=O) groups excluding carboxylic acids is 5. The van der Waals surface area contributed by atoms with Gasteiger partial charge in [-0.1, -0.05) is 60.7 Å². The quantitative estimate of drug-likeness (QED) is 0.128. The summed E-state index contributed by atoms with van der Waals surface area (Å²) in [5.74, 6) is -5.32. The number of primary amides is 2. The molecule has 0 aromatic heterocycles. The molecule has 0 radical (unpaired) electrons. The first-order valence-corrected chi connectivity index (χ1v) is 12.5. The highest BCUT2D eigenvalue weighted by Crippen LogP contribution is 2.08. The van der Waals surface area contributed by atoms with E-state index in [1.54, 1.807) is 60.7 Å². The molecule has 0 aliphatic carbocycles. The number of carboxylic acid groups (broad SMARTS) is 1. The molecule has 13 nitrogen and oxygen atoms in total. The van der Waals surface area contributed by atoms with E-state index in [0.717, 1.165) is 0 Å². The summed E-state index contributed by atoms with van der Waals surface area (Å²) in [6, 6.07) is 12.1. The number of benzene rings is 2. The maximum Gasteiger partial charge on any atom is 0.326 e. The van der Waals surface area contributed by atoms with Gasteiger partial charge in [-0.25, -0.2) is 4.79 Å². The summed E-state index contributed by atoms with van der Waals surface area (Å²) in [4.78, 5) is 73.4. The molecule has 214 valence electrons. The van der Waals surface area contributed by atoms with Crippen LogP contribution in [0.5, 0.6) is 0 Å². The second-order valence-electron chi connectivity index (χ2n) is 9.18. The maximum absolute atomic E-state index is 13.3. The summed E-state index contributed by atoms with van der Waals surface area (Å²) in [6.07, 6.45) is -0.984. The molecule has 40 heavy (non-hydrogen) atoms. The van der Waals surface area contributed by atoms with E-state index >= 15 is 0 Å². The number of amides is 5. The van der Waals surface area contributed by atoms with Gasteiger partial charge in [0.05, 0.1) is 12.5 Å². The highest BCUT2D eigenvalue weighted by atomic mass is 16.4. The molecule has 0 saturated heterocycles. The molecule has 13 heteroatoms. The van der Waals surface area contributed by atoms with Gasteiger partial charge in [0.25, 0.3) is 0 Å². The predicted molar refractivity (Wildman–Crippen MR) is 144 cm³/mol. The molecular weight excluding hydrogens is 520 g/mol. The molecule has 2 aromatic carbocycles. The summed E-state index contributed by atoms with van der Waals surface area (Å²) in [7, 11) is 0. The molecule has 0 fully saturated rings. The second-order valence-corrected chi connectivity index (χ2v) is 9.18. The van der Waals surface area contributed by atoms with Crippen molar-refractivity contribution in [3.05, 3.63) is 71.8 Å². The van der Waals surface area contributed by atoms with Gasteiger partial charge in [0.2, 0.25) is 29.5 Å². The van der Waals surface area contributed by atoms with Crippen LogP contribution in [0.2, 0.25) is 0 Å². The SMILES string of the molecule is NC(=O)CCC(NC(=O)C(N)CC(N)=O)C(=O)NC(Cc1ccccc1)C(=O)NC(Cc1ccccc1)C(=O)O. The van der Waals surface area contributed by atoms with E-state index in [2.05, 4.69) is 16.0 Å². The van der Waals surface area contributed by atoms with Crippen LogP contribution in [-0.4, -0.2) is 64.8 Å². The van der Waals surface area contributed by atoms with Crippen molar-refractivity contribution in [3.63, 3.8) is 0 Å². The molecule has 5 amide bonds. The van der Waals surface area contributed by atoms with Crippen LogP contribution in [0.4, 0.5) is 0 Å². The second kappa shape index (κ2) is 15.6. The van der Waals surface area contributed by atoms with Gasteiger partial charge >= 0.3 is 5.97 Å². The lowest BCUT2D eigenvalue weighted by atomic mass is 10.0. The number of nitrogens with one attached hydrogen (secondary N) is 3. The van der Waals surface area contributed by atoms with Gasteiger partial charge in [0, 0.05) is 19.3 Å². The van der Waals surface area contributed by atoms with Crippen LogP contribution in [-0.2, 0) is 41.6 Å². The normalized spacial score (nSPS) is 13.6. The maximum atomic E-state index is 13.3. The number of rotatable bonds is 16. The molecule has 0 spiro atoms. The van der Waals surface area contributed by atoms with Crippen LogP contribution in [0.15, 0.2) is 60.7 Å². The number of aliphatic carboxylic acids is 1. The van der Waals surface area contributed by atoms with Crippen molar-refractivity contribution in [1.82, 2.24) is 16.0 Å². The average molecular weight is 555 g/mol. The van der Waals surface area contributed by atoms with E-state index in [1.165, 1.54) is 0 Å². The van der Waals surface area contributed by atoms with Crippen molar-refractivity contribution in [2.24, 2.45) is 17.2 Å². The van der Waals surface area contributed by atoms with Gasteiger partial charge in [0.15, 0.2) is 0 Å². The summed E-state index contributed by atoms with van der Waals surface area (Å²) in [6.45, 7) is 0. The van der Waals surface area contributed by atoms with E-state index in [-0.39, 0.29) is 25.7 Å². The zero-order valence-electron chi connectivity index (χ0n) is 21.7. The first-order valence-electron chi connectivity index (χ1n) is 12.5. The lowest BCUT2D eigenvalue weighted by molar-refractivity contribution is -0.142. The fourth-order valence-electron chi connectivity index (χ4n) is 3.80. The molecule has 0 aliphatic heterocycles. The van der Waals surface area contributed by atoms with Gasteiger partial charge in [-0.15, -0.1) is 0 Å². The smallest absolute Gasteiger partial charge is 0.326 e. The highest BCUT2D eigenvalue weighted by Gasteiger charge is 2.31. The van der Waals surface area contributed by atoms with E-state index in [4.69, 9.17) is 17.2 Å². The van der Waals surface area contributed by atoms with Crippen LogP contribution in [0, 0.1) is 0 Å². The van der Waals surface area contributed by atoms with E-state index in [9.17, 15) is 33.9 Å². The standard InChI is InChI=1S/C27H34N6O7/c28-18(15-23(30)35)24(36)31-19(11-12-22(29)34)25(37)32-20(13-16-7-3-1-4-8-16)26(38)33-21(27(39)40)14-17-9-5-2-6-10-17/h1-10,18-21H,11-15,28H2,(H2,29,34)(H2,30,35)(H,31,36)(H,32,37)(H,33,38)(H,39,40). The van der Waals surface area contributed by atoms with Crippen LogP contribution < -0.4 is 33.2 Å². The zero-order chi connectivity index (χ0) is 29.7. The van der Waals surface area contributed by atoms with E-state index < -0.39 is 66.1 Å². The van der Waals surface area contributed by atoms with Gasteiger partial charge in [-0.2, -0.15) is 0 Å². The van der Waals surface area contributed by atoms with Crippen LogP contribution >= 0.6 is 0 Å². The Balaban J connectivity index is 2.26. The molecule has 2 aromatic rings. The van der Waals surface area contributed by atoms with Crippen LogP contribution in [0.1, 0.15) is 30.4 Å². The van der Waals surface area contributed by atoms with Gasteiger partial charge in [-0.3, -0.25) is 24.0 Å². The molecule has 4 atom stereocenters. The molecule has 2 rings (SSSR count). The molecular formula is C27H34N6O7. The Bertz CT molecular complexity index is 1190. The first-order chi connectivity index (χ1) is 19.0. The van der Waals surface area contributed by atoms with Gasteiger partial charge in [-0.05, 0) is 17.5 Å². The third-order valence-corrected chi connectivity index (χ3v) is 5.88. The van der Waals surface area contributed by atoms with Crippen molar-refractivity contribution in [2.75, 3.05) is 0 Å². The van der Waals surface area contributed by atoms with Crippen molar-refractivity contribution in [1.29, 1.82) is 0 Å². The Kier molecular flexibility index (Phi) is 12.3. The third kappa shape index (κ3) is 10.9. The number of nitrogens with two attached hydrogens (primary N) is 3. The topological polar surface area (TPSA) is 237 Å². The predicted octanol–water partition coefficient (Wildman–Crippen LogP) is -1.52. The number of hydrogen-bond donors (Lipinski definition) is 7. The molecule has 0 aliphatic rings. The van der Waals surface area contributed by atoms with Crippen molar-refractivity contribution >= 4 is 35.5 Å². The van der Waals surface area contributed by atoms with E-state index in [1.807, 2.05) is 0 Å². The fourth-order valence-corrected chi connectivity index (χ4v) is 3.80. The minimum absolute atomic E-state index is 0.00294. The molecule has 0 saturated carbocycles. The Morgan fingerprint density at radius 1 is 0.650 bits per heavy atom. The number of carbonyl (C=O) groups is 6. The monoisotopic (exact) mass is 554 g/mol. The molecule has 4 unspecified atom stereocenters. The Labute approximate surface area is 230 Å². The lowest BCUT2D eigenvalue weighted by Gasteiger charge is -2.25. The van der Waals surface area contributed by atoms with Gasteiger partial charge in [0.1, 0.15) is 18.1 Å². The Morgan fingerprint density at radius 3 is 1.57 bits per heavy atom. The summed E-state index contributed by atoms with van der Waals surface area (Å²) in [5.41, 5.74) is 17.3. The van der Waals surface area contributed by atoms with Crippen molar-refractivity contribution in [2.45, 2.75) is 56.3 Å². The van der Waals surface area contributed by atoms with Crippen LogP contribution in [0.25, 0.3) is 0 Å². The highest BCUT2D eigenvalue weighted by molar-refractivity contribution is 5.95. The van der Waals surface area contributed by atoms with Gasteiger partial charge < -0.3 is 38.3 Å². The van der Waals surface area contributed by atoms with Crippen LogP contribution in [0.3, 0.4) is 0 Å². The van der Waals surface area contributed by atoms with Crippen molar-refractivity contribution < 1.29 is 33.9 Å². The summed E-state index contributed by atoms with van der Waals surface area (Å²) < 4.78 is 0. The zero-order valence-corrected chi connectivity index (χ0v) is 21.7. The molecule has 0 heterocycles. The summed E-state index contributed by atoms with van der Waals surface area (Å²) in [5, 5.41) is 17.1. The van der Waals surface area contributed by atoms with E-state index in [0.29, 0.717) is 11.1 Å². The lowest BCUT2D eigenvalue weighted by Crippen LogP contribution is -2.58.